The zero-order valence-corrected chi connectivity index (χ0v) is 11.6. The highest BCUT2D eigenvalue weighted by Gasteiger charge is 2.39. The van der Waals surface area contributed by atoms with Gasteiger partial charge in [0.1, 0.15) is 0 Å². The minimum absolute atomic E-state index is 0.439. The molecule has 0 aliphatic carbocycles. The van der Waals surface area contributed by atoms with Gasteiger partial charge in [-0.25, -0.2) is 0 Å². The smallest absolute Gasteiger partial charge is 0.309 e. The second-order valence-electron chi connectivity index (χ2n) is 5.34. The SMILES string of the molecule is CCC1(C(=O)O)CCN(c2ccc(C(N)=O)cc2)CC1. The quantitative estimate of drug-likeness (QED) is 0.879. The molecule has 1 fully saturated rings. The maximum Gasteiger partial charge on any atom is 0.309 e. The van der Waals surface area contributed by atoms with Crippen LogP contribution in [0.4, 0.5) is 5.69 Å². The molecule has 0 saturated carbocycles. The number of hydrogen-bond donors (Lipinski definition) is 2. The number of anilines is 1. The Balaban J connectivity index is 2.07. The zero-order chi connectivity index (χ0) is 14.8. The van der Waals surface area contributed by atoms with Crippen molar-refractivity contribution in [1.29, 1.82) is 0 Å². The average Bonchev–Trinajstić information content (AvgIpc) is 2.47. The molecule has 0 unspecified atom stereocenters. The van der Waals surface area contributed by atoms with Gasteiger partial charge in [0.15, 0.2) is 0 Å². The molecule has 5 heteroatoms. The highest BCUT2D eigenvalue weighted by atomic mass is 16.4. The number of carboxylic acids is 1. The van der Waals surface area contributed by atoms with Crippen LogP contribution in [0.5, 0.6) is 0 Å². The third-order valence-electron chi connectivity index (χ3n) is 4.37. The summed E-state index contributed by atoms with van der Waals surface area (Å²) in [6.45, 7) is 3.37. The minimum Gasteiger partial charge on any atom is -0.481 e. The maximum atomic E-state index is 11.4. The number of carbonyl (C=O) groups excluding carboxylic acids is 1. The van der Waals surface area contributed by atoms with Crippen molar-refractivity contribution in [2.75, 3.05) is 18.0 Å². The van der Waals surface area contributed by atoms with Crippen molar-refractivity contribution in [3.8, 4) is 0 Å². The van der Waals surface area contributed by atoms with E-state index in [4.69, 9.17) is 5.73 Å². The third kappa shape index (κ3) is 2.61. The molecule has 1 saturated heterocycles. The number of piperidine rings is 1. The van der Waals surface area contributed by atoms with E-state index in [0.717, 1.165) is 18.8 Å². The molecule has 0 bridgehead atoms. The average molecular weight is 276 g/mol. The molecule has 1 aromatic carbocycles. The number of primary amides is 1. The number of aliphatic carboxylic acids is 1. The van der Waals surface area contributed by atoms with Gasteiger partial charge in [-0.2, -0.15) is 0 Å². The van der Waals surface area contributed by atoms with Crippen LogP contribution in [0.2, 0.25) is 0 Å². The van der Waals surface area contributed by atoms with Gasteiger partial charge < -0.3 is 15.7 Å². The van der Waals surface area contributed by atoms with Gasteiger partial charge in [0, 0.05) is 24.3 Å². The minimum atomic E-state index is -0.691. The molecule has 0 spiro atoms. The van der Waals surface area contributed by atoms with Gasteiger partial charge in [-0.15, -0.1) is 0 Å². The number of hydrogen-bond acceptors (Lipinski definition) is 3. The van der Waals surface area contributed by atoms with E-state index < -0.39 is 17.3 Å². The van der Waals surface area contributed by atoms with Gasteiger partial charge in [-0.05, 0) is 43.5 Å². The van der Waals surface area contributed by atoms with E-state index in [1.54, 1.807) is 12.1 Å². The Morgan fingerprint density at radius 1 is 1.25 bits per heavy atom. The molecule has 1 heterocycles. The van der Waals surface area contributed by atoms with Crippen molar-refractivity contribution in [3.63, 3.8) is 0 Å². The first-order valence-corrected chi connectivity index (χ1v) is 6.87. The van der Waals surface area contributed by atoms with Crippen molar-refractivity contribution in [1.82, 2.24) is 0 Å². The Hall–Kier alpha value is -2.04. The van der Waals surface area contributed by atoms with Gasteiger partial charge >= 0.3 is 5.97 Å². The van der Waals surface area contributed by atoms with Crippen LogP contribution in [-0.4, -0.2) is 30.1 Å². The van der Waals surface area contributed by atoms with Crippen molar-refractivity contribution in [2.45, 2.75) is 26.2 Å². The summed E-state index contributed by atoms with van der Waals surface area (Å²) in [6.07, 6.45) is 1.96. The van der Waals surface area contributed by atoms with Crippen LogP contribution in [0.1, 0.15) is 36.5 Å². The Bertz CT molecular complexity index is 502. The lowest BCUT2D eigenvalue weighted by atomic mass is 9.76. The van der Waals surface area contributed by atoms with Crippen molar-refractivity contribution >= 4 is 17.6 Å². The lowest BCUT2D eigenvalue weighted by Crippen LogP contribution is -2.44. The highest BCUT2D eigenvalue weighted by molar-refractivity contribution is 5.93. The number of carboxylic acid groups (broad SMARTS) is 1. The fourth-order valence-corrected chi connectivity index (χ4v) is 2.75. The number of benzene rings is 1. The predicted octanol–water partition coefficient (Wildman–Crippen LogP) is 1.87. The molecule has 1 aliphatic heterocycles. The Morgan fingerprint density at radius 2 is 1.80 bits per heavy atom. The zero-order valence-electron chi connectivity index (χ0n) is 11.6. The molecule has 0 aromatic heterocycles. The molecule has 0 atom stereocenters. The molecule has 20 heavy (non-hydrogen) atoms. The molecule has 1 aromatic rings. The van der Waals surface area contributed by atoms with Gasteiger partial charge in [0.2, 0.25) is 5.91 Å². The maximum absolute atomic E-state index is 11.4. The van der Waals surface area contributed by atoms with E-state index in [2.05, 4.69) is 4.90 Å². The van der Waals surface area contributed by atoms with Gasteiger partial charge in [-0.1, -0.05) is 6.92 Å². The van der Waals surface area contributed by atoms with Crippen LogP contribution in [0.3, 0.4) is 0 Å². The predicted molar refractivity (Wildman–Crippen MR) is 76.8 cm³/mol. The van der Waals surface area contributed by atoms with Crippen LogP contribution in [-0.2, 0) is 4.79 Å². The topological polar surface area (TPSA) is 83.6 Å². The molecule has 1 aliphatic rings. The van der Waals surface area contributed by atoms with E-state index in [9.17, 15) is 14.7 Å². The van der Waals surface area contributed by atoms with Crippen molar-refractivity contribution in [2.24, 2.45) is 11.1 Å². The second kappa shape index (κ2) is 5.53. The molecule has 5 nitrogen and oxygen atoms in total. The van der Waals surface area contributed by atoms with Crippen LogP contribution in [0.15, 0.2) is 24.3 Å². The Labute approximate surface area is 118 Å². The van der Waals surface area contributed by atoms with E-state index in [-0.39, 0.29) is 0 Å². The van der Waals surface area contributed by atoms with Gasteiger partial charge in [0.05, 0.1) is 5.41 Å². The van der Waals surface area contributed by atoms with E-state index in [1.807, 2.05) is 19.1 Å². The summed E-state index contributed by atoms with van der Waals surface area (Å²) < 4.78 is 0. The van der Waals surface area contributed by atoms with E-state index in [1.165, 1.54) is 0 Å². The number of amides is 1. The Morgan fingerprint density at radius 3 is 2.20 bits per heavy atom. The normalized spacial score (nSPS) is 17.8. The molecule has 0 radical (unpaired) electrons. The highest BCUT2D eigenvalue weighted by Crippen LogP contribution is 2.36. The van der Waals surface area contributed by atoms with Gasteiger partial charge in [0.25, 0.3) is 0 Å². The Kier molecular flexibility index (Phi) is 3.97. The number of nitrogens with zero attached hydrogens (tertiary/aromatic N) is 1. The molecular weight excluding hydrogens is 256 g/mol. The molecule has 1 amide bonds. The summed E-state index contributed by atoms with van der Waals surface area (Å²) in [5, 5.41) is 9.37. The monoisotopic (exact) mass is 276 g/mol. The number of nitrogens with two attached hydrogens (primary N) is 1. The van der Waals surface area contributed by atoms with Crippen LogP contribution >= 0.6 is 0 Å². The van der Waals surface area contributed by atoms with Gasteiger partial charge in [-0.3, -0.25) is 9.59 Å². The molecule has 2 rings (SSSR count). The van der Waals surface area contributed by atoms with Crippen LogP contribution in [0, 0.1) is 5.41 Å². The first-order valence-electron chi connectivity index (χ1n) is 6.87. The summed E-state index contributed by atoms with van der Waals surface area (Å²) in [5.41, 5.74) is 6.12. The van der Waals surface area contributed by atoms with E-state index in [0.29, 0.717) is 24.8 Å². The first kappa shape index (κ1) is 14.4. The summed E-state index contributed by atoms with van der Waals surface area (Å²) in [7, 11) is 0. The van der Waals surface area contributed by atoms with Crippen LogP contribution < -0.4 is 10.6 Å². The fourth-order valence-electron chi connectivity index (χ4n) is 2.75. The molecular formula is C15H20N2O3. The number of rotatable bonds is 4. The van der Waals surface area contributed by atoms with E-state index >= 15 is 0 Å². The largest absolute Gasteiger partial charge is 0.481 e. The summed E-state index contributed by atoms with van der Waals surface area (Å²) in [4.78, 5) is 24.6. The standard InChI is InChI=1S/C15H20N2O3/c1-2-15(14(19)20)7-9-17(10-8-15)12-5-3-11(4-6-12)13(16)18/h3-6H,2,7-10H2,1H3,(H2,16,18)(H,19,20). The third-order valence-corrected chi connectivity index (χ3v) is 4.37. The van der Waals surface area contributed by atoms with Crippen molar-refractivity contribution < 1.29 is 14.7 Å². The number of carbonyl (C=O) groups is 2. The van der Waals surface area contributed by atoms with Crippen LogP contribution in [0.25, 0.3) is 0 Å². The molecule has 3 N–H and O–H groups in total. The lowest BCUT2D eigenvalue weighted by Gasteiger charge is -2.39. The summed E-state index contributed by atoms with van der Waals surface area (Å²) in [6, 6.07) is 7.13. The lowest BCUT2D eigenvalue weighted by molar-refractivity contribution is -0.150. The molecule has 108 valence electrons. The summed E-state index contributed by atoms with van der Waals surface area (Å²) >= 11 is 0. The summed E-state index contributed by atoms with van der Waals surface area (Å²) in [5.74, 6) is -1.13. The second-order valence-corrected chi connectivity index (χ2v) is 5.34. The fraction of sp³-hybridized carbons (Fsp3) is 0.467. The van der Waals surface area contributed by atoms with Crippen molar-refractivity contribution in [3.05, 3.63) is 29.8 Å². The first-order chi connectivity index (χ1) is 9.48.